The molecule has 1 unspecified atom stereocenters. The molecule has 2 heterocycles. The van der Waals surface area contributed by atoms with Gasteiger partial charge in [-0.15, -0.1) is 11.3 Å². The second-order valence-corrected chi connectivity index (χ2v) is 11.4. The molecule has 34 heavy (non-hydrogen) atoms. The maximum Gasteiger partial charge on any atom is 0.415 e. The molecule has 1 aromatic heterocycles. The third-order valence-electron chi connectivity index (χ3n) is 5.90. The summed E-state index contributed by atoms with van der Waals surface area (Å²) in [5, 5.41) is 14.5. The molecular formula is C26H34N2O5S. The molecule has 0 saturated carbocycles. The van der Waals surface area contributed by atoms with Crippen LogP contribution in [0.4, 0.5) is 10.5 Å². The van der Waals surface area contributed by atoms with Crippen molar-refractivity contribution in [2.75, 3.05) is 4.90 Å². The Morgan fingerprint density at radius 3 is 2.44 bits per heavy atom. The lowest BCUT2D eigenvalue weighted by atomic mass is 9.85. The van der Waals surface area contributed by atoms with Crippen molar-refractivity contribution in [1.29, 1.82) is 0 Å². The first-order valence-electron chi connectivity index (χ1n) is 11.5. The molecule has 0 bridgehead atoms. The first kappa shape index (κ1) is 25.7. The van der Waals surface area contributed by atoms with Gasteiger partial charge in [0.05, 0.1) is 5.69 Å². The van der Waals surface area contributed by atoms with Crippen molar-refractivity contribution in [2.45, 2.75) is 78.0 Å². The van der Waals surface area contributed by atoms with Gasteiger partial charge in [0, 0.05) is 17.7 Å². The molecule has 2 atom stereocenters. The van der Waals surface area contributed by atoms with Crippen LogP contribution in [0.3, 0.4) is 0 Å². The average Bonchev–Trinajstić information content (AvgIpc) is 3.26. The van der Waals surface area contributed by atoms with Gasteiger partial charge in [0.15, 0.2) is 0 Å². The number of amides is 2. The molecule has 184 valence electrons. The number of para-hydroxylation sites is 1. The van der Waals surface area contributed by atoms with E-state index in [2.05, 4.69) is 5.32 Å². The topological polar surface area (TPSA) is 95.9 Å². The lowest BCUT2D eigenvalue weighted by molar-refractivity contribution is -0.143. The van der Waals surface area contributed by atoms with E-state index < -0.39 is 35.2 Å². The van der Waals surface area contributed by atoms with E-state index >= 15 is 0 Å². The largest absolute Gasteiger partial charge is 0.480 e. The van der Waals surface area contributed by atoms with Gasteiger partial charge in [0.2, 0.25) is 5.91 Å². The number of thiophene rings is 1. The summed E-state index contributed by atoms with van der Waals surface area (Å²) in [6.45, 7) is 11.1. The Kier molecular flexibility index (Phi) is 7.41. The zero-order chi connectivity index (χ0) is 25.3. The van der Waals surface area contributed by atoms with Gasteiger partial charge in [-0.2, -0.15) is 0 Å². The number of benzene rings is 1. The first-order chi connectivity index (χ1) is 15.8. The van der Waals surface area contributed by atoms with Gasteiger partial charge in [-0.25, -0.2) is 9.59 Å². The molecule has 0 radical (unpaired) electrons. The monoisotopic (exact) mass is 486 g/mol. The van der Waals surface area contributed by atoms with Crippen LogP contribution < -0.4 is 10.2 Å². The fraction of sp³-hybridized carbons (Fsp3) is 0.500. The molecule has 7 nitrogen and oxygen atoms in total. The number of anilines is 1. The Balaban J connectivity index is 2.12. The van der Waals surface area contributed by atoms with E-state index in [1.54, 1.807) is 38.2 Å². The summed E-state index contributed by atoms with van der Waals surface area (Å²) in [4.78, 5) is 42.0. The summed E-state index contributed by atoms with van der Waals surface area (Å²) in [5.74, 6) is -1.52. The van der Waals surface area contributed by atoms with Crippen molar-refractivity contribution in [3.63, 3.8) is 0 Å². The summed E-state index contributed by atoms with van der Waals surface area (Å²) in [7, 11) is 0. The van der Waals surface area contributed by atoms with E-state index in [4.69, 9.17) is 4.74 Å². The molecule has 2 amide bonds. The number of carboxylic acids is 1. The van der Waals surface area contributed by atoms with Crippen molar-refractivity contribution in [2.24, 2.45) is 5.92 Å². The Hall–Kier alpha value is -2.87. The van der Waals surface area contributed by atoms with Gasteiger partial charge in [0.1, 0.15) is 17.2 Å². The van der Waals surface area contributed by atoms with Crippen LogP contribution >= 0.6 is 11.3 Å². The second-order valence-electron chi connectivity index (χ2n) is 10.3. The van der Waals surface area contributed by atoms with Crippen LogP contribution in [0.25, 0.3) is 0 Å². The zero-order valence-corrected chi connectivity index (χ0v) is 21.5. The van der Waals surface area contributed by atoms with E-state index in [0.29, 0.717) is 5.69 Å². The Morgan fingerprint density at radius 2 is 1.88 bits per heavy atom. The number of aryl methyl sites for hydroxylation is 1. The van der Waals surface area contributed by atoms with Crippen LogP contribution in [-0.4, -0.2) is 40.3 Å². The van der Waals surface area contributed by atoms with Gasteiger partial charge < -0.3 is 15.2 Å². The van der Waals surface area contributed by atoms with Crippen molar-refractivity contribution >= 4 is 35.0 Å². The number of carbonyl (C=O) groups is 3. The van der Waals surface area contributed by atoms with Crippen LogP contribution in [0.15, 0.2) is 35.7 Å². The zero-order valence-electron chi connectivity index (χ0n) is 20.7. The highest BCUT2D eigenvalue weighted by atomic mass is 32.1. The predicted octanol–water partition coefficient (Wildman–Crippen LogP) is 4.95. The molecule has 3 rings (SSSR count). The smallest absolute Gasteiger partial charge is 0.415 e. The van der Waals surface area contributed by atoms with E-state index in [0.717, 1.165) is 16.0 Å². The fourth-order valence-electron chi connectivity index (χ4n) is 4.38. The number of carboxylic acid groups (broad SMARTS) is 1. The van der Waals surface area contributed by atoms with Crippen molar-refractivity contribution in [3.8, 4) is 0 Å². The predicted molar refractivity (Wildman–Crippen MR) is 133 cm³/mol. The molecule has 0 fully saturated rings. The van der Waals surface area contributed by atoms with Crippen molar-refractivity contribution in [3.05, 3.63) is 51.7 Å². The maximum absolute atomic E-state index is 14.0. The highest BCUT2D eigenvalue weighted by molar-refractivity contribution is 7.10. The van der Waals surface area contributed by atoms with Gasteiger partial charge in [-0.1, -0.05) is 32.0 Å². The van der Waals surface area contributed by atoms with E-state index in [1.165, 1.54) is 4.90 Å². The summed E-state index contributed by atoms with van der Waals surface area (Å²) in [5.41, 5.74) is 0.263. The lowest BCUT2D eigenvalue weighted by Gasteiger charge is -2.39. The second kappa shape index (κ2) is 9.78. The molecule has 1 aliphatic heterocycles. The summed E-state index contributed by atoms with van der Waals surface area (Å²) < 4.78 is 5.74. The maximum atomic E-state index is 14.0. The van der Waals surface area contributed by atoms with E-state index in [9.17, 15) is 19.5 Å². The number of fused-ring (bicyclic) bond motifs is 1. The number of carbonyl (C=O) groups excluding carboxylic acids is 2. The Labute approximate surface area is 205 Å². The number of hydrogen-bond donors (Lipinski definition) is 2. The number of hydrogen-bond acceptors (Lipinski definition) is 5. The molecule has 2 N–H and O–H groups in total. The van der Waals surface area contributed by atoms with Crippen molar-refractivity contribution < 1.29 is 24.2 Å². The van der Waals surface area contributed by atoms with Crippen LogP contribution in [0.2, 0.25) is 0 Å². The molecule has 1 aliphatic rings. The third-order valence-corrected chi connectivity index (χ3v) is 6.79. The number of aliphatic carboxylic acids is 1. The van der Waals surface area contributed by atoms with Gasteiger partial charge in [-0.05, 0) is 68.7 Å². The molecule has 2 aromatic rings. The Bertz CT molecular complexity index is 1070. The molecule has 0 spiro atoms. The van der Waals surface area contributed by atoms with Gasteiger partial charge in [0.25, 0.3) is 0 Å². The van der Waals surface area contributed by atoms with E-state index in [-0.39, 0.29) is 25.2 Å². The first-order valence-corrected chi connectivity index (χ1v) is 12.4. The van der Waals surface area contributed by atoms with Crippen LogP contribution in [0.5, 0.6) is 0 Å². The SMILES string of the molecule is Cc1sccc1CC1(C(=O)N[C@@H](CC(C)C)C(=O)O)Cc2ccccc2N1C(=O)OC(C)(C)C. The van der Waals surface area contributed by atoms with Crippen LogP contribution in [0, 0.1) is 12.8 Å². The number of nitrogens with one attached hydrogen (secondary N) is 1. The highest BCUT2D eigenvalue weighted by Gasteiger charge is 2.54. The lowest BCUT2D eigenvalue weighted by Crippen LogP contribution is -2.63. The van der Waals surface area contributed by atoms with Crippen LogP contribution in [0.1, 0.15) is 57.0 Å². The van der Waals surface area contributed by atoms with Crippen molar-refractivity contribution in [1.82, 2.24) is 5.32 Å². The van der Waals surface area contributed by atoms with Gasteiger partial charge >= 0.3 is 12.1 Å². The molecule has 0 saturated heterocycles. The highest BCUT2D eigenvalue weighted by Crippen LogP contribution is 2.43. The standard InChI is InChI=1S/C26H34N2O5S/c1-16(2)13-20(22(29)30)27-23(31)26(14-18-11-12-34-17(18)3)15-19-9-7-8-10-21(19)28(26)24(32)33-25(4,5)6/h7-12,16,20H,13-15H2,1-6H3,(H,27,31)(H,29,30)/t20-,26?/m0/s1. The molecule has 8 heteroatoms. The number of nitrogens with zero attached hydrogens (tertiary/aromatic N) is 1. The minimum atomic E-state index is -1.36. The van der Waals surface area contributed by atoms with Gasteiger partial charge in [-0.3, -0.25) is 9.69 Å². The molecule has 0 aliphatic carbocycles. The summed E-state index contributed by atoms with van der Waals surface area (Å²) in [6.07, 6.45) is 0.165. The fourth-order valence-corrected chi connectivity index (χ4v) is 5.11. The average molecular weight is 487 g/mol. The van der Waals surface area contributed by atoms with Crippen LogP contribution in [-0.2, 0) is 27.2 Å². The minimum absolute atomic E-state index is 0.0687. The number of ether oxygens (including phenoxy) is 1. The summed E-state index contributed by atoms with van der Waals surface area (Å²) >= 11 is 1.57. The molecule has 1 aromatic carbocycles. The number of rotatable bonds is 7. The van der Waals surface area contributed by atoms with E-state index in [1.807, 2.05) is 50.4 Å². The quantitative estimate of drug-likeness (QED) is 0.577. The molecular weight excluding hydrogens is 452 g/mol. The normalized spacial score (nSPS) is 18.5. The Morgan fingerprint density at radius 1 is 1.21 bits per heavy atom. The minimum Gasteiger partial charge on any atom is -0.480 e. The third kappa shape index (κ3) is 5.43. The summed E-state index contributed by atoms with van der Waals surface area (Å²) in [6, 6.07) is 8.28.